The molecule has 10 heteroatoms. The average Bonchev–Trinajstić information content (AvgIpc) is 3.22. The van der Waals surface area contributed by atoms with E-state index in [9.17, 15) is 9.59 Å². The van der Waals surface area contributed by atoms with Gasteiger partial charge in [-0.1, -0.05) is 55.4 Å². The topological polar surface area (TPSA) is 98.1 Å². The Morgan fingerprint density at radius 3 is 2.55 bits per heavy atom. The molecule has 3 aromatic rings. The molecule has 0 saturated heterocycles. The number of halogens is 1. The maximum absolute atomic E-state index is 12.3. The lowest BCUT2D eigenvalue weighted by Gasteiger charge is -2.17. The van der Waals surface area contributed by atoms with Crippen molar-refractivity contribution in [1.29, 1.82) is 0 Å². The first-order valence-electron chi connectivity index (χ1n) is 10.4. The Hall–Kier alpha value is -2.88. The lowest BCUT2D eigenvalue weighted by Crippen LogP contribution is -2.41. The molecule has 174 valence electrons. The fourth-order valence-electron chi connectivity index (χ4n) is 3.15. The lowest BCUT2D eigenvalue weighted by molar-refractivity contribution is -0.117. The van der Waals surface area contributed by atoms with Crippen LogP contribution in [0.5, 0.6) is 0 Å². The van der Waals surface area contributed by atoms with Gasteiger partial charge < -0.3 is 10.1 Å². The number of benzene rings is 2. The van der Waals surface area contributed by atoms with Crippen molar-refractivity contribution in [2.45, 2.75) is 24.9 Å². The molecule has 0 bridgehead atoms. The summed E-state index contributed by atoms with van der Waals surface area (Å²) in [6.45, 7) is 4.91. The summed E-state index contributed by atoms with van der Waals surface area (Å²) in [5, 5.41) is 14.8. The van der Waals surface area contributed by atoms with Crippen LogP contribution >= 0.6 is 23.4 Å². The standard InChI is InChI=1S/C23H26ClN5O3S/c1-15(2)18-6-4-5-7-19(18)29-21(16-8-10-17(24)11-9-16)27-28-23(29)33-14-20(30)26-22(31)25-12-13-32-3/h4-11,15H,12-14H2,1-3H3,(H2,25,26,30,31). The number of aromatic nitrogens is 3. The number of para-hydroxylation sites is 1. The molecule has 0 atom stereocenters. The van der Waals surface area contributed by atoms with Crippen molar-refractivity contribution in [3.8, 4) is 17.1 Å². The van der Waals surface area contributed by atoms with Crippen LogP contribution < -0.4 is 10.6 Å². The molecule has 1 aromatic heterocycles. The fraction of sp³-hybridized carbons (Fsp3) is 0.304. The number of rotatable bonds is 9. The molecule has 2 aromatic carbocycles. The van der Waals surface area contributed by atoms with Crippen molar-refractivity contribution in [3.63, 3.8) is 0 Å². The van der Waals surface area contributed by atoms with Crippen LogP contribution in [0.4, 0.5) is 4.79 Å². The minimum atomic E-state index is -0.564. The Kier molecular flexibility index (Phi) is 8.87. The number of methoxy groups -OCH3 is 1. The Morgan fingerprint density at radius 1 is 1.12 bits per heavy atom. The quantitative estimate of drug-likeness (QED) is 0.345. The minimum Gasteiger partial charge on any atom is -0.383 e. The van der Waals surface area contributed by atoms with Gasteiger partial charge in [0.05, 0.1) is 18.0 Å². The monoisotopic (exact) mass is 487 g/mol. The lowest BCUT2D eigenvalue weighted by atomic mass is 10.0. The summed E-state index contributed by atoms with van der Waals surface area (Å²) in [5.74, 6) is 0.466. The molecule has 0 unspecified atom stereocenters. The zero-order valence-electron chi connectivity index (χ0n) is 18.7. The van der Waals surface area contributed by atoms with E-state index in [4.69, 9.17) is 16.3 Å². The van der Waals surface area contributed by atoms with E-state index in [0.717, 1.165) is 16.8 Å². The summed E-state index contributed by atoms with van der Waals surface area (Å²) in [4.78, 5) is 24.1. The summed E-state index contributed by atoms with van der Waals surface area (Å²) in [7, 11) is 1.53. The number of nitrogens with zero attached hydrogens (tertiary/aromatic N) is 3. The number of hydrogen-bond acceptors (Lipinski definition) is 6. The van der Waals surface area contributed by atoms with E-state index < -0.39 is 11.9 Å². The van der Waals surface area contributed by atoms with Gasteiger partial charge in [-0.3, -0.25) is 14.7 Å². The van der Waals surface area contributed by atoms with Gasteiger partial charge in [0.2, 0.25) is 5.91 Å². The number of nitrogens with one attached hydrogen (secondary N) is 2. The molecule has 0 aliphatic rings. The summed E-state index contributed by atoms with van der Waals surface area (Å²) < 4.78 is 6.81. The van der Waals surface area contributed by atoms with Crippen LogP contribution in [0.2, 0.25) is 5.02 Å². The molecular formula is C23H26ClN5O3S. The molecule has 0 aliphatic heterocycles. The van der Waals surface area contributed by atoms with Gasteiger partial charge >= 0.3 is 6.03 Å². The summed E-state index contributed by atoms with van der Waals surface area (Å²) in [6, 6.07) is 14.8. The summed E-state index contributed by atoms with van der Waals surface area (Å²) in [6.07, 6.45) is 0. The van der Waals surface area contributed by atoms with Gasteiger partial charge in [0, 0.05) is 24.2 Å². The van der Waals surface area contributed by atoms with E-state index in [1.165, 1.54) is 18.9 Å². The molecule has 3 rings (SSSR count). The van der Waals surface area contributed by atoms with Gasteiger partial charge in [0.15, 0.2) is 11.0 Å². The number of carbonyl (C=O) groups is 2. The SMILES string of the molecule is COCCNC(=O)NC(=O)CSc1nnc(-c2ccc(Cl)cc2)n1-c1ccccc1C(C)C. The van der Waals surface area contributed by atoms with Gasteiger partial charge in [0.25, 0.3) is 0 Å². The van der Waals surface area contributed by atoms with Crippen molar-refractivity contribution in [3.05, 3.63) is 59.1 Å². The van der Waals surface area contributed by atoms with Crippen molar-refractivity contribution in [1.82, 2.24) is 25.4 Å². The molecule has 0 radical (unpaired) electrons. The van der Waals surface area contributed by atoms with Crippen LogP contribution in [0.1, 0.15) is 25.3 Å². The van der Waals surface area contributed by atoms with E-state index in [2.05, 4.69) is 40.7 Å². The Bertz CT molecular complexity index is 1100. The number of thioether (sulfide) groups is 1. The van der Waals surface area contributed by atoms with Crippen LogP contribution in [-0.2, 0) is 9.53 Å². The summed E-state index contributed by atoms with van der Waals surface area (Å²) >= 11 is 7.27. The second kappa shape index (κ2) is 11.8. The molecule has 0 spiro atoms. The third-order valence-corrected chi connectivity index (χ3v) is 5.89. The predicted molar refractivity (Wildman–Crippen MR) is 130 cm³/mol. The van der Waals surface area contributed by atoms with Crippen LogP contribution in [0.25, 0.3) is 17.1 Å². The fourth-order valence-corrected chi connectivity index (χ4v) is 4.02. The number of hydrogen-bond donors (Lipinski definition) is 2. The maximum Gasteiger partial charge on any atom is 0.321 e. The molecule has 33 heavy (non-hydrogen) atoms. The smallest absolute Gasteiger partial charge is 0.321 e. The number of ether oxygens (including phenoxy) is 1. The van der Waals surface area contributed by atoms with Crippen molar-refractivity contribution < 1.29 is 14.3 Å². The first-order chi connectivity index (χ1) is 15.9. The average molecular weight is 488 g/mol. The van der Waals surface area contributed by atoms with Crippen LogP contribution in [0.15, 0.2) is 53.7 Å². The zero-order chi connectivity index (χ0) is 23.8. The molecular weight excluding hydrogens is 462 g/mol. The van der Waals surface area contributed by atoms with E-state index in [-0.39, 0.29) is 11.7 Å². The van der Waals surface area contributed by atoms with Crippen LogP contribution in [0.3, 0.4) is 0 Å². The number of urea groups is 1. The second-order valence-electron chi connectivity index (χ2n) is 7.45. The third kappa shape index (κ3) is 6.56. The van der Waals surface area contributed by atoms with E-state index in [0.29, 0.717) is 29.2 Å². The largest absolute Gasteiger partial charge is 0.383 e. The highest BCUT2D eigenvalue weighted by Gasteiger charge is 2.20. The Balaban J connectivity index is 1.88. The normalized spacial score (nSPS) is 10.9. The zero-order valence-corrected chi connectivity index (χ0v) is 20.2. The molecule has 8 nitrogen and oxygen atoms in total. The highest BCUT2D eigenvalue weighted by Crippen LogP contribution is 2.32. The number of amides is 3. The van der Waals surface area contributed by atoms with Gasteiger partial charge in [0.1, 0.15) is 0 Å². The van der Waals surface area contributed by atoms with Gasteiger partial charge in [-0.25, -0.2) is 4.79 Å². The molecule has 0 aliphatic carbocycles. The molecule has 0 saturated carbocycles. The van der Waals surface area contributed by atoms with E-state index >= 15 is 0 Å². The van der Waals surface area contributed by atoms with Crippen molar-refractivity contribution >= 4 is 35.3 Å². The Labute approximate surface area is 202 Å². The Morgan fingerprint density at radius 2 is 1.85 bits per heavy atom. The molecule has 1 heterocycles. The molecule has 0 fully saturated rings. The minimum absolute atomic E-state index is 0.000292. The number of carbonyl (C=O) groups excluding carboxylic acids is 2. The maximum atomic E-state index is 12.3. The predicted octanol–water partition coefficient (Wildman–Crippen LogP) is 4.28. The second-order valence-corrected chi connectivity index (χ2v) is 8.83. The summed E-state index contributed by atoms with van der Waals surface area (Å²) in [5.41, 5.74) is 2.90. The van der Waals surface area contributed by atoms with Crippen molar-refractivity contribution in [2.75, 3.05) is 26.0 Å². The van der Waals surface area contributed by atoms with Crippen molar-refractivity contribution in [2.24, 2.45) is 0 Å². The third-order valence-electron chi connectivity index (χ3n) is 4.71. The first kappa shape index (κ1) is 24.8. The van der Waals surface area contributed by atoms with Gasteiger partial charge in [-0.05, 0) is 41.8 Å². The highest BCUT2D eigenvalue weighted by atomic mass is 35.5. The molecule has 3 amide bonds. The van der Waals surface area contributed by atoms with E-state index in [1.807, 2.05) is 34.9 Å². The molecule has 2 N–H and O–H groups in total. The number of imide groups is 1. The van der Waals surface area contributed by atoms with Crippen LogP contribution in [-0.4, -0.2) is 52.7 Å². The van der Waals surface area contributed by atoms with Crippen LogP contribution in [0, 0.1) is 0 Å². The van der Waals surface area contributed by atoms with Gasteiger partial charge in [-0.15, -0.1) is 10.2 Å². The van der Waals surface area contributed by atoms with E-state index in [1.54, 1.807) is 12.1 Å². The first-order valence-corrected chi connectivity index (χ1v) is 11.8. The highest BCUT2D eigenvalue weighted by molar-refractivity contribution is 7.99. The van der Waals surface area contributed by atoms with Gasteiger partial charge in [-0.2, -0.15) is 0 Å².